The van der Waals surface area contributed by atoms with E-state index in [2.05, 4.69) is 20.4 Å². The molecule has 2 aromatic heterocycles. The third-order valence-electron chi connectivity index (χ3n) is 3.08. The largest absolute Gasteiger partial charge is 0.397 e. The Labute approximate surface area is 127 Å². The number of nitrogens with zero attached hydrogens (tertiary/aromatic N) is 3. The number of likely N-dealkylation sites (N-methyl/N-ethyl adjacent to an activating group) is 1. The maximum absolute atomic E-state index is 12.2. The Balaban J connectivity index is 1.92. The van der Waals surface area contributed by atoms with E-state index in [9.17, 15) is 4.79 Å². The summed E-state index contributed by atoms with van der Waals surface area (Å²) in [5, 5.41) is 11.4. The van der Waals surface area contributed by atoms with Gasteiger partial charge in [-0.1, -0.05) is 0 Å². The fourth-order valence-corrected chi connectivity index (χ4v) is 2.80. The quantitative estimate of drug-likeness (QED) is 0.777. The van der Waals surface area contributed by atoms with Gasteiger partial charge in [-0.2, -0.15) is 5.10 Å². The van der Waals surface area contributed by atoms with Crippen LogP contribution in [0.25, 0.3) is 10.2 Å². The summed E-state index contributed by atoms with van der Waals surface area (Å²) in [6.45, 7) is 2.80. The van der Waals surface area contributed by atoms with E-state index >= 15 is 0 Å². The topological polar surface area (TPSA) is 93.4 Å². The molecule has 8 heteroatoms. The Kier molecular flexibility index (Phi) is 5.43. The van der Waals surface area contributed by atoms with Crippen LogP contribution < -0.4 is 11.1 Å². The fourth-order valence-electron chi connectivity index (χ4n) is 1.84. The highest BCUT2D eigenvalue weighted by molar-refractivity contribution is 7.21. The first kappa shape index (κ1) is 15.6. The lowest BCUT2D eigenvalue weighted by atomic mass is 10.3. The summed E-state index contributed by atoms with van der Waals surface area (Å²) in [5.74, 6) is -0.171. The predicted octanol–water partition coefficient (Wildman–Crippen LogP) is 0.581. The zero-order valence-corrected chi connectivity index (χ0v) is 12.9. The highest BCUT2D eigenvalue weighted by Gasteiger charge is 2.16. The number of amides is 1. The SMILES string of the molecule is COCCN(C)CCNC(=O)c1sc2nnccc2c1N. The number of hydrogen-bond acceptors (Lipinski definition) is 7. The van der Waals surface area contributed by atoms with Gasteiger partial charge in [0.15, 0.2) is 0 Å². The lowest BCUT2D eigenvalue weighted by Gasteiger charge is -2.15. The molecule has 21 heavy (non-hydrogen) atoms. The second kappa shape index (κ2) is 7.30. The van der Waals surface area contributed by atoms with Crippen molar-refractivity contribution in [2.45, 2.75) is 0 Å². The van der Waals surface area contributed by atoms with Crippen molar-refractivity contribution in [2.24, 2.45) is 0 Å². The average molecular weight is 309 g/mol. The molecule has 0 spiro atoms. The maximum atomic E-state index is 12.2. The van der Waals surface area contributed by atoms with Crippen molar-refractivity contribution in [1.82, 2.24) is 20.4 Å². The van der Waals surface area contributed by atoms with Crippen LogP contribution in [0.4, 0.5) is 5.69 Å². The van der Waals surface area contributed by atoms with Crippen molar-refractivity contribution in [3.05, 3.63) is 17.1 Å². The number of aromatic nitrogens is 2. The normalized spacial score (nSPS) is 11.2. The Morgan fingerprint density at radius 3 is 3.05 bits per heavy atom. The second-order valence-corrected chi connectivity index (χ2v) is 5.65. The number of carbonyl (C=O) groups is 1. The number of fused-ring (bicyclic) bond motifs is 1. The van der Waals surface area contributed by atoms with Gasteiger partial charge in [-0.3, -0.25) is 4.79 Å². The van der Waals surface area contributed by atoms with Gasteiger partial charge < -0.3 is 20.7 Å². The molecule has 0 aliphatic carbocycles. The molecule has 0 atom stereocenters. The first-order chi connectivity index (χ1) is 10.1. The smallest absolute Gasteiger partial charge is 0.263 e. The molecule has 7 nitrogen and oxygen atoms in total. The van der Waals surface area contributed by atoms with Crippen molar-refractivity contribution in [1.29, 1.82) is 0 Å². The molecule has 2 heterocycles. The zero-order valence-electron chi connectivity index (χ0n) is 12.1. The summed E-state index contributed by atoms with van der Waals surface area (Å²) < 4.78 is 5.00. The molecule has 0 aromatic carbocycles. The van der Waals surface area contributed by atoms with Gasteiger partial charge in [0.25, 0.3) is 5.91 Å². The summed E-state index contributed by atoms with van der Waals surface area (Å²) in [6.07, 6.45) is 1.57. The van der Waals surface area contributed by atoms with E-state index < -0.39 is 0 Å². The lowest BCUT2D eigenvalue weighted by Crippen LogP contribution is -2.34. The van der Waals surface area contributed by atoms with Crippen molar-refractivity contribution >= 4 is 33.1 Å². The summed E-state index contributed by atoms with van der Waals surface area (Å²) in [5.41, 5.74) is 6.46. The molecular weight excluding hydrogens is 290 g/mol. The molecule has 0 fully saturated rings. The minimum Gasteiger partial charge on any atom is -0.397 e. The fraction of sp³-hybridized carbons (Fsp3) is 0.462. The van der Waals surface area contributed by atoms with Gasteiger partial charge in [-0.15, -0.1) is 16.4 Å². The van der Waals surface area contributed by atoms with Crippen molar-refractivity contribution < 1.29 is 9.53 Å². The number of ether oxygens (including phenoxy) is 1. The highest BCUT2D eigenvalue weighted by atomic mass is 32.1. The van der Waals surface area contributed by atoms with E-state index in [4.69, 9.17) is 10.5 Å². The van der Waals surface area contributed by atoms with Crippen LogP contribution in [0.5, 0.6) is 0 Å². The average Bonchev–Trinajstić information content (AvgIpc) is 2.83. The summed E-state index contributed by atoms with van der Waals surface area (Å²) >= 11 is 1.26. The number of carbonyl (C=O) groups excluding carboxylic acids is 1. The lowest BCUT2D eigenvalue weighted by molar-refractivity contribution is 0.0952. The maximum Gasteiger partial charge on any atom is 0.263 e. The molecule has 114 valence electrons. The van der Waals surface area contributed by atoms with Crippen LogP contribution in [0, 0.1) is 0 Å². The van der Waals surface area contributed by atoms with Crippen LogP contribution >= 0.6 is 11.3 Å². The molecule has 0 saturated carbocycles. The molecule has 2 rings (SSSR count). The van der Waals surface area contributed by atoms with Gasteiger partial charge in [0.05, 0.1) is 18.5 Å². The summed E-state index contributed by atoms with van der Waals surface area (Å²) in [7, 11) is 3.65. The summed E-state index contributed by atoms with van der Waals surface area (Å²) in [4.78, 5) is 15.4. The molecule has 2 aromatic rings. The third-order valence-corrected chi connectivity index (χ3v) is 4.19. The number of thiophene rings is 1. The van der Waals surface area contributed by atoms with Crippen molar-refractivity contribution in [2.75, 3.05) is 46.1 Å². The Hall–Kier alpha value is -1.77. The molecule has 0 aliphatic rings. The predicted molar refractivity (Wildman–Crippen MR) is 83.5 cm³/mol. The molecule has 0 radical (unpaired) electrons. The third kappa shape index (κ3) is 3.87. The van der Waals surface area contributed by atoms with E-state index in [0.717, 1.165) is 18.5 Å². The molecule has 1 amide bonds. The van der Waals surface area contributed by atoms with Crippen LogP contribution in [0.2, 0.25) is 0 Å². The standard InChI is InChI=1S/C13H19N5O2S/c1-18(7-8-20-2)6-5-15-12(19)11-10(14)9-3-4-16-17-13(9)21-11/h3-4H,5-8,14H2,1-2H3,(H,15,19). The number of hydrogen-bond donors (Lipinski definition) is 2. The Morgan fingerprint density at radius 2 is 2.33 bits per heavy atom. The number of rotatable bonds is 7. The second-order valence-electron chi connectivity index (χ2n) is 4.65. The van der Waals surface area contributed by atoms with Crippen molar-refractivity contribution in [3.63, 3.8) is 0 Å². The molecular formula is C13H19N5O2S. The number of methoxy groups -OCH3 is 1. The number of nitrogens with two attached hydrogens (primary N) is 1. The minimum absolute atomic E-state index is 0.171. The van der Waals surface area contributed by atoms with E-state index in [-0.39, 0.29) is 5.91 Å². The van der Waals surface area contributed by atoms with Crippen LogP contribution in [0.15, 0.2) is 12.3 Å². The van der Waals surface area contributed by atoms with E-state index in [1.807, 2.05) is 7.05 Å². The molecule has 0 bridgehead atoms. The van der Waals surface area contributed by atoms with Gasteiger partial charge in [0.2, 0.25) is 0 Å². The van der Waals surface area contributed by atoms with Crippen LogP contribution in [-0.2, 0) is 4.74 Å². The molecule has 0 aliphatic heterocycles. The molecule has 0 saturated heterocycles. The van der Waals surface area contributed by atoms with Crippen LogP contribution in [0.3, 0.4) is 0 Å². The van der Waals surface area contributed by atoms with Crippen LogP contribution in [0.1, 0.15) is 9.67 Å². The van der Waals surface area contributed by atoms with E-state index in [1.54, 1.807) is 19.4 Å². The molecule has 3 N–H and O–H groups in total. The number of nitrogens with one attached hydrogen (secondary N) is 1. The molecule has 0 unspecified atom stereocenters. The zero-order chi connectivity index (χ0) is 15.2. The number of anilines is 1. The van der Waals surface area contributed by atoms with Gasteiger partial charge in [-0.05, 0) is 13.1 Å². The van der Waals surface area contributed by atoms with Gasteiger partial charge >= 0.3 is 0 Å². The van der Waals surface area contributed by atoms with Crippen molar-refractivity contribution in [3.8, 4) is 0 Å². The van der Waals surface area contributed by atoms with Gasteiger partial charge in [0, 0.05) is 32.1 Å². The van der Waals surface area contributed by atoms with Gasteiger partial charge in [0.1, 0.15) is 9.71 Å². The van der Waals surface area contributed by atoms with Gasteiger partial charge in [-0.25, -0.2) is 0 Å². The number of nitrogen functional groups attached to an aromatic ring is 1. The Bertz CT molecular complexity index is 616. The summed E-state index contributed by atoms with van der Waals surface area (Å²) in [6, 6.07) is 1.77. The van der Waals surface area contributed by atoms with E-state index in [1.165, 1.54) is 11.3 Å². The first-order valence-electron chi connectivity index (χ1n) is 6.59. The van der Waals surface area contributed by atoms with Crippen LogP contribution in [-0.4, -0.2) is 61.4 Å². The Morgan fingerprint density at radius 1 is 1.52 bits per heavy atom. The monoisotopic (exact) mass is 309 g/mol. The minimum atomic E-state index is -0.171. The highest BCUT2D eigenvalue weighted by Crippen LogP contribution is 2.31. The first-order valence-corrected chi connectivity index (χ1v) is 7.40. The van der Waals surface area contributed by atoms with E-state index in [0.29, 0.717) is 28.5 Å².